The Balaban J connectivity index is 1.95. The molecule has 0 aromatic heterocycles. The topological polar surface area (TPSA) is 58.9 Å². The molecule has 0 spiro atoms. The zero-order chi connectivity index (χ0) is 17.0. The molecule has 0 saturated carbocycles. The summed E-state index contributed by atoms with van der Waals surface area (Å²) >= 11 is 0. The second-order valence-corrected chi connectivity index (χ2v) is 6.77. The lowest BCUT2D eigenvalue weighted by atomic mass is 9.52. The first-order chi connectivity index (χ1) is 11.6. The van der Waals surface area contributed by atoms with E-state index in [1.165, 1.54) is 16.7 Å². The van der Waals surface area contributed by atoms with Gasteiger partial charge in [0, 0.05) is 17.0 Å². The lowest BCUT2D eigenvalue weighted by molar-refractivity contribution is 0.321. The average molecular weight is 324 g/mol. The minimum Gasteiger partial charge on any atom is -0.496 e. The maximum Gasteiger partial charge on any atom is 0.488 e. The zero-order valence-corrected chi connectivity index (χ0v) is 14.1. The Bertz CT molecular complexity index is 802. The third kappa shape index (κ3) is 1.95. The van der Waals surface area contributed by atoms with E-state index in [2.05, 4.69) is 13.0 Å². The van der Waals surface area contributed by atoms with Crippen LogP contribution >= 0.6 is 0 Å². The monoisotopic (exact) mass is 324 g/mol. The van der Waals surface area contributed by atoms with Gasteiger partial charge in [-0.3, -0.25) is 0 Å². The summed E-state index contributed by atoms with van der Waals surface area (Å²) in [4.78, 5) is 0. The van der Waals surface area contributed by atoms with E-state index in [4.69, 9.17) is 9.47 Å². The fourth-order valence-electron chi connectivity index (χ4n) is 4.69. The molecule has 2 aliphatic rings. The quantitative estimate of drug-likeness (QED) is 0.846. The van der Waals surface area contributed by atoms with Crippen LogP contribution in [-0.4, -0.2) is 31.4 Å². The molecule has 24 heavy (non-hydrogen) atoms. The van der Waals surface area contributed by atoms with Gasteiger partial charge in [0.05, 0.1) is 14.2 Å². The zero-order valence-electron chi connectivity index (χ0n) is 14.1. The van der Waals surface area contributed by atoms with Crippen molar-refractivity contribution < 1.29 is 19.5 Å². The van der Waals surface area contributed by atoms with E-state index in [0.29, 0.717) is 11.4 Å². The van der Waals surface area contributed by atoms with Gasteiger partial charge in [-0.25, -0.2) is 0 Å². The molecule has 0 fully saturated rings. The van der Waals surface area contributed by atoms with Crippen molar-refractivity contribution in [3.63, 3.8) is 0 Å². The van der Waals surface area contributed by atoms with Crippen molar-refractivity contribution in [2.24, 2.45) is 5.92 Å². The van der Waals surface area contributed by atoms with Crippen molar-refractivity contribution in [3.05, 3.63) is 52.6 Å². The van der Waals surface area contributed by atoms with Gasteiger partial charge < -0.3 is 19.5 Å². The SMILES string of the molecule is COc1ccc(OC)c2c1CC(C)[C@@H]1c3c(B(O)O)cccc3[C@H]21. The fourth-order valence-corrected chi connectivity index (χ4v) is 4.69. The lowest BCUT2D eigenvalue weighted by Gasteiger charge is -2.49. The van der Waals surface area contributed by atoms with Crippen LogP contribution in [0.3, 0.4) is 0 Å². The Labute approximate surface area is 142 Å². The molecule has 2 aromatic carbocycles. The number of fused-ring (bicyclic) bond motifs is 6. The summed E-state index contributed by atoms with van der Waals surface area (Å²) in [5, 5.41) is 19.5. The van der Waals surface area contributed by atoms with E-state index in [1.807, 2.05) is 24.3 Å². The molecule has 4 rings (SSSR count). The first-order valence-electron chi connectivity index (χ1n) is 8.31. The van der Waals surface area contributed by atoms with Gasteiger partial charge in [-0.1, -0.05) is 25.1 Å². The van der Waals surface area contributed by atoms with Gasteiger partial charge in [0.1, 0.15) is 11.5 Å². The summed E-state index contributed by atoms with van der Waals surface area (Å²) in [6.07, 6.45) is 0.895. The fraction of sp³-hybridized carbons (Fsp3) is 0.368. The maximum atomic E-state index is 9.73. The highest BCUT2D eigenvalue weighted by atomic mass is 16.5. The summed E-state index contributed by atoms with van der Waals surface area (Å²) in [5.41, 5.74) is 5.31. The molecule has 0 bridgehead atoms. The molecule has 0 saturated heterocycles. The molecule has 4 nitrogen and oxygen atoms in total. The van der Waals surface area contributed by atoms with Crippen LogP contribution in [0.25, 0.3) is 0 Å². The third-order valence-electron chi connectivity index (χ3n) is 5.64. The first kappa shape index (κ1) is 15.5. The predicted octanol–water partition coefficient (Wildman–Crippen LogP) is 1.80. The van der Waals surface area contributed by atoms with Crippen molar-refractivity contribution in [2.45, 2.75) is 25.2 Å². The molecule has 2 aromatic rings. The molecule has 0 amide bonds. The van der Waals surface area contributed by atoms with Gasteiger partial charge in [0.2, 0.25) is 0 Å². The molecule has 0 heterocycles. The minimum atomic E-state index is -1.43. The average Bonchev–Trinajstić information content (AvgIpc) is 2.56. The Morgan fingerprint density at radius 2 is 1.71 bits per heavy atom. The van der Waals surface area contributed by atoms with E-state index in [1.54, 1.807) is 14.2 Å². The number of benzene rings is 2. The molecule has 2 N–H and O–H groups in total. The molecular formula is C19H21BO4. The summed E-state index contributed by atoms with van der Waals surface area (Å²) < 4.78 is 11.2. The first-order valence-corrected chi connectivity index (χ1v) is 8.31. The van der Waals surface area contributed by atoms with Crippen molar-refractivity contribution in [3.8, 4) is 11.5 Å². The number of hydrogen-bond donors (Lipinski definition) is 2. The molecule has 1 unspecified atom stereocenters. The summed E-state index contributed by atoms with van der Waals surface area (Å²) in [6, 6.07) is 9.73. The van der Waals surface area contributed by atoms with Crippen LogP contribution in [-0.2, 0) is 6.42 Å². The van der Waals surface area contributed by atoms with E-state index in [0.717, 1.165) is 23.5 Å². The molecule has 0 radical (unpaired) electrons. The van der Waals surface area contributed by atoms with E-state index in [-0.39, 0.29) is 11.8 Å². The Morgan fingerprint density at radius 3 is 2.38 bits per heavy atom. The highest BCUT2D eigenvalue weighted by molar-refractivity contribution is 6.59. The number of methoxy groups -OCH3 is 2. The van der Waals surface area contributed by atoms with Gasteiger partial charge >= 0.3 is 7.12 Å². The summed E-state index contributed by atoms with van der Waals surface area (Å²) in [7, 11) is 1.97. The molecule has 5 heteroatoms. The van der Waals surface area contributed by atoms with Crippen LogP contribution in [0.5, 0.6) is 11.5 Å². The van der Waals surface area contributed by atoms with Gasteiger partial charge in [0.15, 0.2) is 0 Å². The molecule has 3 atom stereocenters. The van der Waals surface area contributed by atoms with Gasteiger partial charge in [-0.15, -0.1) is 0 Å². The van der Waals surface area contributed by atoms with E-state index in [9.17, 15) is 10.0 Å². The molecular weight excluding hydrogens is 303 g/mol. The highest BCUT2D eigenvalue weighted by Crippen LogP contribution is 2.60. The number of hydrogen-bond acceptors (Lipinski definition) is 4. The van der Waals surface area contributed by atoms with Crippen molar-refractivity contribution in [1.82, 2.24) is 0 Å². The molecule has 0 aliphatic heterocycles. The van der Waals surface area contributed by atoms with Crippen LogP contribution in [0.4, 0.5) is 0 Å². The van der Waals surface area contributed by atoms with E-state index < -0.39 is 7.12 Å². The van der Waals surface area contributed by atoms with Crippen LogP contribution in [0, 0.1) is 5.92 Å². The van der Waals surface area contributed by atoms with Crippen LogP contribution in [0.15, 0.2) is 30.3 Å². The summed E-state index contributed by atoms with van der Waals surface area (Å²) in [5.74, 6) is 2.70. The summed E-state index contributed by atoms with van der Waals surface area (Å²) in [6.45, 7) is 2.23. The van der Waals surface area contributed by atoms with Gasteiger partial charge in [-0.05, 0) is 47.0 Å². The molecule has 2 aliphatic carbocycles. The largest absolute Gasteiger partial charge is 0.496 e. The Morgan fingerprint density at radius 1 is 1.00 bits per heavy atom. The van der Waals surface area contributed by atoms with Gasteiger partial charge in [0.25, 0.3) is 0 Å². The van der Waals surface area contributed by atoms with Crippen LogP contribution in [0.1, 0.15) is 41.0 Å². The molecule has 124 valence electrons. The third-order valence-corrected chi connectivity index (χ3v) is 5.64. The standard InChI is InChI=1S/C19H21BO4/c1-10-9-12-14(23-2)7-8-15(24-3)18(12)19-11-5-4-6-13(20(21)22)17(11)16(10)19/h4-8,10,16,19,21-22H,9H2,1-3H3/t10?,16-,19+/m1/s1. The van der Waals surface area contributed by atoms with Crippen LogP contribution in [0.2, 0.25) is 0 Å². The second-order valence-electron chi connectivity index (χ2n) is 6.77. The Kier molecular flexibility index (Phi) is 3.59. The van der Waals surface area contributed by atoms with Crippen molar-refractivity contribution in [2.75, 3.05) is 14.2 Å². The minimum absolute atomic E-state index is 0.225. The lowest BCUT2D eigenvalue weighted by Crippen LogP contribution is -2.45. The maximum absolute atomic E-state index is 9.73. The second kappa shape index (κ2) is 5.54. The van der Waals surface area contributed by atoms with E-state index >= 15 is 0 Å². The van der Waals surface area contributed by atoms with Crippen molar-refractivity contribution >= 4 is 12.6 Å². The van der Waals surface area contributed by atoms with Crippen LogP contribution < -0.4 is 14.9 Å². The number of ether oxygens (including phenoxy) is 2. The highest BCUT2D eigenvalue weighted by Gasteiger charge is 2.49. The van der Waals surface area contributed by atoms with Gasteiger partial charge in [-0.2, -0.15) is 0 Å². The normalized spacial score (nSPS) is 23.5. The van der Waals surface area contributed by atoms with Crippen molar-refractivity contribution in [1.29, 1.82) is 0 Å². The number of rotatable bonds is 3. The smallest absolute Gasteiger partial charge is 0.488 e. The Hall–Kier alpha value is -1.98. The predicted molar refractivity (Wildman–Crippen MR) is 93.3 cm³/mol.